The fourth-order valence-corrected chi connectivity index (χ4v) is 5.75. The summed E-state index contributed by atoms with van der Waals surface area (Å²) in [6, 6.07) is 34.5. The smallest absolute Gasteiger partial charge is 0.386 e. The second-order valence-corrected chi connectivity index (χ2v) is 9.88. The van der Waals surface area contributed by atoms with Crippen LogP contribution in [0.25, 0.3) is 0 Å². The highest BCUT2D eigenvalue weighted by atomic mass is 16.7. The maximum absolute atomic E-state index is 13.6. The van der Waals surface area contributed by atoms with Gasteiger partial charge in [0, 0.05) is 23.8 Å². The van der Waals surface area contributed by atoms with Gasteiger partial charge in [-0.1, -0.05) is 84.9 Å². The molecule has 0 saturated heterocycles. The van der Waals surface area contributed by atoms with Crippen molar-refractivity contribution < 1.29 is 25.0 Å². The number of quaternary nitrogens is 1. The molecule has 4 aromatic rings. The average molecular weight is 491 g/mol. The van der Waals surface area contributed by atoms with Gasteiger partial charge in [0.25, 0.3) is 0 Å². The number of Topliss-reactive ketones (excluding diaryl/α,β-unsaturated/α-hetero) is 1. The number of aliphatic hydroxyl groups excluding tert-OH is 1. The van der Waals surface area contributed by atoms with Crippen molar-refractivity contribution in [2.45, 2.75) is 30.4 Å². The molecule has 2 aliphatic rings. The van der Waals surface area contributed by atoms with Crippen LogP contribution in [-0.4, -0.2) is 23.0 Å². The van der Waals surface area contributed by atoms with E-state index in [0.29, 0.717) is 17.5 Å². The predicted octanol–water partition coefficient (Wildman–Crippen LogP) is 4.36. The van der Waals surface area contributed by atoms with Crippen molar-refractivity contribution in [2.75, 3.05) is 0 Å². The van der Waals surface area contributed by atoms with Crippen LogP contribution in [0, 0.1) is 5.92 Å². The highest BCUT2D eigenvalue weighted by molar-refractivity contribution is 6.02. The molecule has 2 aliphatic carbocycles. The molecule has 4 aromatic carbocycles. The summed E-state index contributed by atoms with van der Waals surface area (Å²) in [5.74, 6) is -0.293. The Morgan fingerprint density at radius 2 is 1.30 bits per heavy atom. The Hall–Kier alpha value is -4.06. The number of ketones is 1. The third-order valence-electron chi connectivity index (χ3n) is 7.68. The summed E-state index contributed by atoms with van der Waals surface area (Å²) in [5.41, 5.74) is 6.76. The summed E-state index contributed by atoms with van der Waals surface area (Å²) in [4.78, 5) is 31.7. The average Bonchev–Trinajstić information content (AvgIpc) is 3.62. The molecular weight excluding hydrogens is 462 g/mol. The van der Waals surface area contributed by atoms with Gasteiger partial charge in [-0.2, -0.15) is 0 Å². The molecule has 3 N–H and O–H groups in total. The van der Waals surface area contributed by atoms with Crippen LogP contribution in [0.15, 0.2) is 109 Å². The Kier molecular flexibility index (Phi) is 6.16. The van der Waals surface area contributed by atoms with Crippen LogP contribution in [0.2, 0.25) is 0 Å². The molecule has 0 spiro atoms. The predicted molar refractivity (Wildman–Crippen MR) is 139 cm³/mol. The molecule has 1 fully saturated rings. The number of fused-ring (bicyclic) bond motifs is 1. The largest absolute Gasteiger partial charge is 0.478 e. The highest BCUT2D eigenvalue weighted by Gasteiger charge is 2.61. The van der Waals surface area contributed by atoms with E-state index < -0.39 is 12.1 Å². The van der Waals surface area contributed by atoms with E-state index in [9.17, 15) is 14.7 Å². The van der Waals surface area contributed by atoms with Crippen molar-refractivity contribution in [2.24, 2.45) is 5.92 Å². The molecule has 4 atom stereocenters. The highest BCUT2D eigenvalue weighted by Crippen LogP contribution is 2.61. The fourth-order valence-electron chi connectivity index (χ4n) is 5.75. The van der Waals surface area contributed by atoms with Crippen molar-refractivity contribution in [3.05, 3.63) is 143 Å². The molecular formula is C32H28NO4+2. The number of hydroxylamine groups is 1. The number of hydrogen-bond donors (Lipinski definition) is 2. The van der Waals surface area contributed by atoms with Gasteiger partial charge < -0.3 is 5.11 Å². The molecule has 0 aromatic heterocycles. The van der Waals surface area contributed by atoms with Crippen molar-refractivity contribution in [3.8, 4) is 0 Å². The molecule has 0 heterocycles. The van der Waals surface area contributed by atoms with Crippen LogP contribution < -0.4 is 5.48 Å². The van der Waals surface area contributed by atoms with Gasteiger partial charge in [0.1, 0.15) is 12.0 Å². The summed E-state index contributed by atoms with van der Waals surface area (Å²) < 4.78 is 0. The topological polar surface area (TPSA) is 83.0 Å². The number of hydrogen-bond acceptors (Lipinski definition) is 4. The second-order valence-electron chi connectivity index (χ2n) is 9.88. The zero-order chi connectivity index (χ0) is 25.4. The SMILES string of the molecule is O=C(O[NH2+][C@@H]1c2ccccc2C[C@@H]1O)c1ccc(C(=[O+])C2[C@H](c3ccccc3)[C@H]2c2ccccc2)cc1. The summed E-state index contributed by atoms with van der Waals surface area (Å²) in [5, 5.41) is 10.4. The van der Waals surface area contributed by atoms with Gasteiger partial charge in [-0.05, 0) is 41.0 Å². The number of carbonyl (C=O) groups excluding carboxylic acids is 2. The Morgan fingerprint density at radius 3 is 1.92 bits per heavy atom. The van der Waals surface area contributed by atoms with Gasteiger partial charge in [-0.3, -0.25) is 4.84 Å². The maximum atomic E-state index is 13.6. The third-order valence-corrected chi connectivity index (χ3v) is 7.68. The van der Waals surface area contributed by atoms with Crippen LogP contribution in [0.4, 0.5) is 0 Å². The van der Waals surface area contributed by atoms with Crippen LogP contribution in [0.3, 0.4) is 0 Å². The summed E-state index contributed by atoms with van der Waals surface area (Å²) in [7, 11) is 0. The maximum Gasteiger partial charge on any atom is 0.478 e. The van der Waals surface area contributed by atoms with E-state index >= 15 is 0 Å². The Bertz CT molecular complexity index is 1370. The first-order valence-electron chi connectivity index (χ1n) is 12.7. The van der Waals surface area contributed by atoms with Crippen LogP contribution in [0.5, 0.6) is 0 Å². The van der Waals surface area contributed by atoms with E-state index in [0.717, 1.165) is 11.1 Å². The van der Waals surface area contributed by atoms with E-state index in [1.165, 1.54) is 16.6 Å². The summed E-state index contributed by atoms with van der Waals surface area (Å²) >= 11 is 0. The fraction of sp³-hybridized carbons (Fsp3) is 0.188. The molecule has 0 aliphatic heterocycles. The number of benzene rings is 4. The van der Waals surface area contributed by atoms with Crippen molar-refractivity contribution in [1.82, 2.24) is 0 Å². The zero-order valence-corrected chi connectivity index (χ0v) is 20.2. The van der Waals surface area contributed by atoms with Gasteiger partial charge in [0.05, 0.1) is 11.1 Å². The molecule has 6 rings (SSSR count). The van der Waals surface area contributed by atoms with Gasteiger partial charge in [-0.15, -0.1) is 5.48 Å². The summed E-state index contributed by atoms with van der Waals surface area (Å²) in [6.45, 7) is 0. The Balaban J connectivity index is 1.15. The van der Waals surface area contributed by atoms with Gasteiger partial charge >= 0.3 is 11.8 Å². The minimum absolute atomic E-state index is 0.0832. The van der Waals surface area contributed by atoms with Crippen molar-refractivity contribution in [3.63, 3.8) is 0 Å². The van der Waals surface area contributed by atoms with E-state index in [1.54, 1.807) is 24.3 Å². The van der Waals surface area contributed by atoms with Crippen molar-refractivity contribution in [1.29, 1.82) is 0 Å². The van der Waals surface area contributed by atoms with Gasteiger partial charge in [0.2, 0.25) is 4.79 Å². The molecule has 37 heavy (non-hydrogen) atoms. The molecule has 5 heteroatoms. The van der Waals surface area contributed by atoms with Crippen LogP contribution in [-0.2, 0) is 11.3 Å². The van der Waals surface area contributed by atoms with Gasteiger partial charge in [0.15, 0.2) is 6.04 Å². The molecule has 0 unspecified atom stereocenters. The Labute approximate surface area is 215 Å². The molecule has 5 nitrogen and oxygen atoms in total. The summed E-state index contributed by atoms with van der Waals surface area (Å²) in [6.07, 6.45) is -0.0697. The zero-order valence-electron chi connectivity index (χ0n) is 20.2. The second kappa shape index (κ2) is 9.77. The standard InChI is InChI=1S/C32H27NO4/c34-26-19-24-13-7-8-14-25(24)30(26)33-37-32(36)23-17-15-22(16-18-23)31(35)29-27(20-9-3-1-4-10-20)28(29)21-11-5-2-6-12-21/h1-18,26-30,33-34H,19H2/q+1/p+1/t26-,27+,28+,30+/m0/s1. The minimum atomic E-state index is -0.612. The monoisotopic (exact) mass is 490 g/mol. The molecule has 183 valence electrons. The normalized spacial score (nSPS) is 23.8. The van der Waals surface area contributed by atoms with Crippen LogP contribution >= 0.6 is 0 Å². The van der Waals surface area contributed by atoms with Crippen LogP contribution in [0.1, 0.15) is 60.8 Å². The molecule has 1 saturated carbocycles. The number of carbonyl (C=O) groups is 2. The van der Waals surface area contributed by atoms with Crippen molar-refractivity contribution >= 4 is 11.8 Å². The molecule has 0 amide bonds. The number of nitrogens with two attached hydrogens (primary N) is 1. The molecule has 1 radical (unpaired) electrons. The lowest BCUT2D eigenvalue weighted by Gasteiger charge is -2.12. The van der Waals surface area contributed by atoms with E-state index in [4.69, 9.17) is 4.84 Å². The Morgan fingerprint density at radius 1 is 0.757 bits per heavy atom. The lowest BCUT2D eigenvalue weighted by Crippen LogP contribution is -2.86. The van der Waals surface area contributed by atoms with E-state index in [-0.39, 0.29) is 29.6 Å². The number of aliphatic hydroxyl groups is 1. The molecule has 0 bridgehead atoms. The first-order valence-corrected chi connectivity index (χ1v) is 12.7. The van der Waals surface area contributed by atoms with E-state index in [1.807, 2.05) is 60.7 Å². The first kappa shape index (κ1) is 23.3. The third kappa shape index (κ3) is 4.48. The van der Waals surface area contributed by atoms with E-state index in [2.05, 4.69) is 24.3 Å². The first-order chi connectivity index (χ1) is 18.1. The lowest BCUT2D eigenvalue weighted by atomic mass is 10.0. The number of rotatable bonds is 7. The lowest BCUT2D eigenvalue weighted by molar-refractivity contribution is -0.903. The van der Waals surface area contributed by atoms with Gasteiger partial charge in [-0.25, -0.2) is 4.79 Å². The minimum Gasteiger partial charge on any atom is -0.386 e. The quantitative estimate of drug-likeness (QED) is 0.229.